The molecule has 0 spiro atoms. The number of aromatic hydroxyl groups is 1. The summed E-state index contributed by atoms with van der Waals surface area (Å²) in [6.45, 7) is 0. The third-order valence-electron chi connectivity index (χ3n) is 3.51. The Bertz CT molecular complexity index is 536. The number of sulfonamides is 1. The maximum absolute atomic E-state index is 12.4. The van der Waals surface area contributed by atoms with Gasteiger partial charge in [-0.2, -0.15) is 4.31 Å². The molecule has 5 nitrogen and oxygen atoms in total. The molecule has 0 amide bonds. The zero-order chi connectivity index (χ0) is 13.3. The van der Waals surface area contributed by atoms with Gasteiger partial charge in [-0.3, -0.25) is 0 Å². The number of hydrogen-bond donors (Lipinski definition) is 2. The van der Waals surface area contributed by atoms with Crippen LogP contribution in [0.1, 0.15) is 25.7 Å². The summed E-state index contributed by atoms with van der Waals surface area (Å²) in [6.07, 6.45) is 3.96. The largest absolute Gasteiger partial charge is 0.506 e. The maximum atomic E-state index is 12.4. The summed E-state index contributed by atoms with van der Waals surface area (Å²) in [5.41, 5.74) is 5.62. The number of anilines is 1. The lowest BCUT2D eigenvalue weighted by molar-refractivity contribution is 0.373. The van der Waals surface area contributed by atoms with Crippen LogP contribution in [-0.4, -0.2) is 30.9 Å². The minimum Gasteiger partial charge on any atom is -0.506 e. The highest BCUT2D eigenvalue weighted by molar-refractivity contribution is 7.89. The molecule has 6 heteroatoms. The molecule has 0 aliphatic heterocycles. The van der Waals surface area contributed by atoms with Crippen LogP contribution in [0, 0.1) is 0 Å². The minimum absolute atomic E-state index is 0.0741. The van der Waals surface area contributed by atoms with Gasteiger partial charge in [0.05, 0.1) is 10.6 Å². The highest BCUT2D eigenvalue weighted by atomic mass is 32.2. The minimum atomic E-state index is -3.52. The fourth-order valence-electron chi connectivity index (χ4n) is 2.32. The Labute approximate surface area is 107 Å². The molecule has 1 aromatic rings. The van der Waals surface area contributed by atoms with Crippen molar-refractivity contribution in [1.82, 2.24) is 4.31 Å². The molecule has 1 aromatic carbocycles. The van der Waals surface area contributed by atoms with Crippen LogP contribution in [0.2, 0.25) is 0 Å². The van der Waals surface area contributed by atoms with Gasteiger partial charge in [-0.05, 0) is 31.0 Å². The maximum Gasteiger partial charge on any atom is 0.243 e. The molecular weight excluding hydrogens is 252 g/mol. The summed E-state index contributed by atoms with van der Waals surface area (Å²) in [5, 5.41) is 9.33. The van der Waals surface area contributed by atoms with E-state index < -0.39 is 10.0 Å². The van der Waals surface area contributed by atoms with Crippen LogP contribution in [0.25, 0.3) is 0 Å². The average molecular weight is 270 g/mol. The number of phenols is 1. The first kappa shape index (κ1) is 13.2. The molecule has 0 aromatic heterocycles. The number of benzene rings is 1. The van der Waals surface area contributed by atoms with Gasteiger partial charge in [0.15, 0.2) is 0 Å². The molecule has 0 atom stereocenters. The Morgan fingerprint density at radius 3 is 2.50 bits per heavy atom. The Hall–Kier alpha value is -1.27. The number of hydrogen-bond acceptors (Lipinski definition) is 4. The van der Waals surface area contributed by atoms with Crippen LogP contribution in [0.15, 0.2) is 23.1 Å². The molecule has 3 N–H and O–H groups in total. The molecule has 1 fully saturated rings. The molecule has 1 saturated carbocycles. The Balaban J connectivity index is 2.32. The second-order valence-corrected chi connectivity index (χ2v) is 6.68. The van der Waals surface area contributed by atoms with E-state index in [4.69, 9.17) is 5.73 Å². The van der Waals surface area contributed by atoms with Crippen molar-refractivity contribution in [1.29, 1.82) is 0 Å². The van der Waals surface area contributed by atoms with Gasteiger partial charge in [-0.1, -0.05) is 12.8 Å². The molecule has 0 bridgehead atoms. The van der Waals surface area contributed by atoms with E-state index in [2.05, 4.69) is 0 Å². The number of nitrogens with zero attached hydrogens (tertiary/aromatic N) is 1. The second kappa shape index (κ2) is 4.78. The number of nitrogen functional groups attached to an aromatic ring is 1. The molecule has 100 valence electrons. The fraction of sp³-hybridized carbons (Fsp3) is 0.500. The van der Waals surface area contributed by atoms with E-state index in [0.717, 1.165) is 25.7 Å². The van der Waals surface area contributed by atoms with E-state index in [9.17, 15) is 13.5 Å². The van der Waals surface area contributed by atoms with E-state index in [1.54, 1.807) is 7.05 Å². The standard InChI is InChI=1S/C12H18N2O3S/c1-14(9-4-2-3-5-9)18(16,17)10-6-7-12(15)11(13)8-10/h6-9,15H,2-5,13H2,1H3. The van der Waals surface area contributed by atoms with Crippen molar-refractivity contribution in [2.45, 2.75) is 36.6 Å². The second-order valence-electron chi connectivity index (χ2n) is 4.68. The van der Waals surface area contributed by atoms with E-state index in [0.29, 0.717) is 0 Å². The molecule has 2 rings (SSSR count). The van der Waals surface area contributed by atoms with Crippen LogP contribution >= 0.6 is 0 Å². The predicted octanol–water partition coefficient (Wildman–Crippen LogP) is 1.54. The predicted molar refractivity (Wildman–Crippen MR) is 69.7 cm³/mol. The fourth-order valence-corrected chi connectivity index (χ4v) is 3.78. The van der Waals surface area contributed by atoms with Gasteiger partial charge in [0, 0.05) is 13.1 Å². The van der Waals surface area contributed by atoms with Crippen molar-refractivity contribution in [2.75, 3.05) is 12.8 Å². The molecule has 1 aliphatic rings. The summed E-state index contributed by atoms with van der Waals surface area (Å²) in [6, 6.07) is 4.07. The molecule has 0 saturated heterocycles. The van der Waals surface area contributed by atoms with E-state index in [1.165, 1.54) is 22.5 Å². The van der Waals surface area contributed by atoms with Crippen LogP contribution in [0.5, 0.6) is 5.75 Å². The summed E-state index contributed by atoms with van der Waals surface area (Å²) < 4.78 is 26.2. The average Bonchev–Trinajstić information content (AvgIpc) is 2.85. The van der Waals surface area contributed by atoms with Crippen LogP contribution in [0.3, 0.4) is 0 Å². The molecule has 1 aliphatic carbocycles. The SMILES string of the molecule is CN(C1CCCC1)S(=O)(=O)c1ccc(O)c(N)c1. The summed E-state index contributed by atoms with van der Waals surface area (Å²) in [5.74, 6) is -0.0996. The van der Waals surface area contributed by atoms with Gasteiger partial charge in [-0.25, -0.2) is 8.42 Å². The smallest absolute Gasteiger partial charge is 0.243 e. The third kappa shape index (κ3) is 2.30. The van der Waals surface area contributed by atoms with E-state index in [1.807, 2.05) is 0 Å². The van der Waals surface area contributed by atoms with Gasteiger partial charge in [0.25, 0.3) is 0 Å². The molecule has 0 unspecified atom stereocenters. The first-order valence-corrected chi connectivity index (χ1v) is 7.43. The van der Waals surface area contributed by atoms with E-state index in [-0.39, 0.29) is 22.4 Å². The Morgan fingerprint density at radius 2 is 1.94 bits per heavy atom. The summed E-state index contributed by atoms with van der Waals surface area (Å²) in [4.78, 5) is 0.132. The van der Waals surface area contributed by atoms with Gasteiger partial charge in [0.2, 0.25) is 10.0 Å². The lowest BCUT2D eigenvalue weighted by Gasteiger charge is -2.23. The van der Waals surface area contributed by atoms with Crippen LogP contribution < -0.4 is 5.73 Å². The number of nitrogens with two attached hydrogens (primary N) is 1. The van der Waals surface area contributed by atoms with Gasteiger partial charge in [0.1, 0.15) is 5.75 Å². The number of phenolic OH excluding ortho intramolecular Hbond substituents is 1. The van der Waals surface area contributed by atoms with Crippen molar-refractivity contribution in [3.05, 3.63) is 18.2 Å². The van der Waals surface area contributed by atoms with Gasteiger partial charge >= 0.3 is 0 Å². The first-order valence-electron chi connectivity index (χ1n) is 5.99. The molecule has 0 radical (unpaired) electrons. The highest BCUT2D eigenvalue weighted by Gasteiger charge is 2.30. The molecule has 0 heterocycles. The third-order valence-corrected chi connectivity index (χ3v) is 5.42. The lowest BCUT2D eigenvalue weighted by Crippen LogP contribution is -2.35. The van der Waals surface area contributed by atoms with Gasteiger partial charge in [-0.15, -0.1) is 0 Å². The molecular formula is C12H18N2O3S. The van der Waals surface area contributed by atoms with Crippen LogP contribution in [-0.2, 0) is 10.0 Å². The van der Waals surface area contributed by atoms with E-state index >= 15 is 0 Å². The van der Waals surface area contributed by atoms with Crippen molar-refractivity contribution in [3.63, 3.8) is 0 Å². The normalized spacial score (nSPS) is 17.4. The number of rotatable bonds is 3. The molecule has 18 heavy (non-hydrogen) atoms. The Morgan fingerprint density at radius 1 is 1.33 bits per heavy atom. The quantitative estimate of drug-likeness (QED) is 0.644. The van der Waals surface area contributed by atoms with Crippen molar-refractivity contribution in [2.24, 2.45) is 0 Å². The zero-order valence-corrected chi connectivity index (χ0v) is 11.2. The Kier molecular flexibility index (Phi) is 3.49. The monoisotopic (exact) mass is 270 g/mol. The first-order chi connectivity index (χ1) is 8.43. The topological polar surface area (TPSA) is 83.6 Å². The van der Waals surface area contributed by atoms with Crippen molar-refractivity contribution in [3.8, 4) is 5.75 Å². The lowest BCUT2D eigenvalue weighted by atomic mass is 10.3. The van der Waals surface area contributed by atoms with Crippen molar-refractivity contribution < 1.29 is 13.5 Å². The van der Waals surface area contributed by atoms with Crippen LogP contribution in [0.4, 0.5) is 5.69 Å². The van der Waals surface area contributed by atoms with Gasteiger partial charge < -0.3 is 10.8 Å². The summed E-state index contributed by atoms with van der Waals surface area (Å²) >= 11 is 0. The van der Waals surface area contributed by atoms with Crippen molar-refractivity contribution >= 4 is 15.7 Å². The zero-order valence-electron chi connectivity index (χ0n) is 10.3. The highest BCUT2D eigenvalue weighted by Crippen LogP contribution is 2.29. The summed E-state index contributed by atoms with van der Waals surface area (Å²) in [7, 11) is -1.91.